The van der Waals surface area contributed by atoms with Crippen molar-refractivity contribution in [2.45, 2.75) is 6.54 Å². The number of hydrogen-bond donors (Lipinski definition) is 0. The Morgan fingerprint density at radius 1 is 1.11 bits per heavy atom. The molecule has 1 saturated heterocycles. The van der Waals surface area contributed by atoms with Crippen molar-refractivity contribution < 1.29 is 23.5 Å². The third-order valence-corrected chi connectivity index (χ3v) is 5.51. The number of imide groups is 1. The summed E-state index contributed by atoms with van der Waals surface area (Å²) in [5, 5.41) is 0.0170. The maximum Gasteiger partial charge on any atom is 0.293 e. The lowest BCUT2D eigenvalue weighted by atomic mass is 10.1. The summed E-state index contributed by atoms with van der Waals surface area (Å²) in [7, 11) is 2.94. The quantitative estimate of drug-likeness (QED) is 0.582. The molecule has 9 heteroatoms. The molecule has 0 aliphatic carbocycles. The summed E-state index contributed by atoms with van der Waals surface area (Å²) in [6, 6.07) is 7.06. The van der Waals surface area contributed by atoms with Crippen LogP contribution in [0.1, 0.15) is 11.1 Å². The zero-order valence-corrected chi connectivity index (χ0v) is 17.1. The molecule has 3 rings (SSSR count). The highest BCUT2D eigenvalue weighted by Crippen LogP contribution is 2.39. The van der Waals surface area contributed by atoms with Gasteiger partial charge in [-0.3, -0.25) is 14.5 Å². The number of carbonyl (C=O) groups is 2. The molecule has 0 N–H and O–H groups in total. The van der Waals surface area contributed by atoms with Crippen LogP contribution in [-0.2, 0) is 11.3 Å². The minimum atomic E-state index is -0.492. The molecule has 0 aromatic heterocycles. The number of amides is 2. The molecule has 0 spiro atoms. The van der Waals surface area contributed by atoms with Crippen molar-refractivity contribution in [3.05, 3.63) is 62.2 Å². The molecule has 0 bridgehead atoms. The molecule has 1 fully saturated rings. The Morgan fingerprint density at radius 2 is 1.86 bits per heavy atom. The average Bonchev–Trinajstić information content (AvgIpc) is 2.90. The average molecular weight is 442 g/mol. The first-order chi connectivity index (χ1) is 13.3. The highest BCUT2D eigenvalue weighted by molar-refractivity contribution is 8.18. The third kappa shape index (κ3) is 4.11. The molecule has 0 radical (unpaired) electrons. The van der Waals surface area contributed by atoms with Gasteiger partial charge in [-0.1, -0.05) is 29.3 Å². The number of hydrogen-bond acceptors (Lipinski definition) is 5. The second-order valence-electron chi connectivity index (χ2n) is 5.74. The van der Waals surface area contributed by atoms with Gasteiger partial charge in [0.1, 0.15) is 5.82 Å². The van der Waals surface area contributed by atoms with Gasteiger partial charge in [0.25, 0.3) is 11.1 Å². The molecule has 0 atom stereocenters. The predicted octanol–water partition coefficient (Wildman–Crippen LogP) is 5.39. The molecule has 28 heavy (non-hydrogen) atoms. The van der Waals surface area contributed by atoms with Crippen molar-refractivity contribution in [1.29, 1.82) is 0 Å². The molecule has 146 valence electrons. The Hall–Kier alpha value is -2.22. The van der Waals surface area contributed by atoms with Crippen LogP contribution < -0.4 is 9.47 Å². The Morgan fingerprint density at radius 3 is 2.50 bits per heavy atom. The van der Waals surface area contributed by atoms with Gasteiger partial charge < -0.3 is 9.47 Å². The smallest absolute Gasteiger partial charge is 0.293 e. The van der Waals surface area contributed by atoms with Crippen LogP contribution in [-0.4, -0.2) is 30.3 Å². The summed E-state index contributed by atoms with van der Waals surface area (Å²) >= 11 is 13.0. The number of rotatable bonds is 5. The number of benzene rings is 2. The molecule has 0 saturated carbocycles. The topological polar surface area (TPSA) is 55.8 Å². The van der Waals surface area contributed by atoms with Gasteiger partial charge in [0.2, 0.25) is 0 Å². The number of methoxy groups -OCH3 is 2. The fraction of sp³-hybridized carbons (Fsp3) is 0.158. The standard InChI is InChI=1S/C19H14Cl2FNO4S/c1-26-15-6-10(5-14(21)17(15)27-2)7-16-18(24)23(19(25)28-16)9-11-3-4-12(22)8-13(11)20/h3-8H,9H2,1-2H3/b16-7-. The van der Waals surface area contributed by atoms with E-state index in [0.717, 1.165) is 22.7 Å². The van der Waals surface area contributed by atoms with Gasteiger partial charge in [-0.15, -0.1) is 0 Å². The lowest BCUT2D eigenvalue weighted by Crippen LogP contribution is -2.27. The van der Waals surface area contributed by atoms with Crippen LogP contribution in [0.2, 0.25) is 10.0 Å². The lowest BCUT2D eigenvalue weighted by Gasteiger charge is -2.13. The van der Waals surface area contributed by atoms with E-state index in [9.17, 15) is 14.0 Å². The highest BCUT2D eigenvalue weighted by Gasteiger charge is 2.35. The third-order valence-electron chi connectivity index (χ3n) is 3.97. The van der Waals surface area contributed by atoms with Gasteiger partial charge >= 0.3 is 0 Å². The Balaban J connectivity index is 1.88. The maximum absolute atomic E-state index is 13.2. The van der Waals surface area contributed by atoms with Gasteiger partial charge in [-0.25, -0.2) is 4.39 Å². The van der Waals surface area contributed by atoms with E-state index < -0.39 is 17.0 Å². The second kappa shape index (κ2) is 8.43. The van der Waals surface area contributed by atoms with Crippen molar-refractivity contribution in [3.63, 3.8) is 0 Å². The Bertz CT molecular complexity index is 996. The maximum atomic E-state index is 13.2. The predicted molar refractivity (Wildman–Crippen MR) is 107 cm³/mol. The van der Waals surface area contributed by atoms with Crippen LogP contribution in [0.25, 0.3) is 6.08 Å². The zero-order chi connectivity index (χ0) is 20.4. The van der Waals surface area contributed by atoms with E-state index in [-0.39, 0.29) is 16.5 Å². The highest BCUT2D eigenvalue weighted by atomic mass is 35.5. The molecule has 1 aliphatic rings. The lowest BCUT2D eigenvalue weighted by molar-refractivity contribution is -0.123. The Labute approximate surface area is 175 Å². The fourth-order valence-electron chi connectivity index (χ4n) is 2.63. The zero-order valence-electron chi connectivity index (χ0n) is 14.8. The van der Waals surface area contributed by atoms with Crippen LogP contribution in [0.5, 0.6) is 11.5 Å². The van der Waals surface area contributed by atoms with Gasteiger partial charge in [-0.05, 0) is 53.2 Å². The molecule has 5 nitrogen and oxygen atoms in total. The summed E-state index contributed by atoms with van der Waals surface area (Å²) in [4.78, 5) is 26.3. The minimum Gasteiger partial charge on any atom is -0.493 e. The molecule has 1 heterocycles. The summed E-state index contributed by atoms with van der Waals surface area (Å²) in [6.07, 6.45) is 1.55. The van der Waals surface area contributed by atoms with Crippen molar-refractivity contribution in [1.82, 2.24) is 4.90 Å². The molecule has 2 aromatic carbocycles. The first-order valence-corrected chi connectivity index (χ1v) is 9.52. The summed E-state index contributed by atoms with van der Waals surface area (Å²) < 4.78 is 23.6. The van der Waals surface area contributed by atoms with E-state index >= 15 is 0 Å². The van der Waals surface area contributed by atoms with Crippen LogP contribution in [0.15, 0.2) is 35.2 Å². The van der Waals surface area contributed by atoms with Crippen molar-refractivity contribution >= 4 is 52.2 Å². The fourth-order valence-corrected chi connectivity index (χ4v) is 3.99. The van der Waals surface area contributed by atoms with E-state index in [1.165, 1.54) is 26.4 Å². The summed E-state index contributed by atoms with van der Waals surface area (Å²) in [5.74, 6) is -0.187. The van der Waals surface area contributed by atoms with Crippen molar-refractivity contribution in [2.75, 3.05) is 14.2 Å². The number of carbonyl (C=O) groups excluding carboxylic acids is 2. The van der Waals surface area contributed by atoms with Gasteiger partial charge in [0.15, 0.2) is 11.5 Å². The molecule has 1 aliphatic heterocycles. The van der Waals surface area contributed by atoms with Crippen LogP contribution >= 0.6 is 35.0 Å². The first kappa shape index (κ1) is 20.5. The first-order valence-electron chi connectivity index (χ1n) is 7.95. The number of halogens is 3. The summed E-state index contributed by atoms with van der Waals surface area (Å²) in [6.45, 7) is -0.0478. The van der Waals surface area contributed by atoms with Crippen LogP contribution in [0.4, 0.5) is 9.18 Å². The molecule has 2 aromatic rings. The number of thioether (sulfide) groups is 1. The normalized spacial score (nSPS) is 15.5. The van der Waals surface area contributed by atoms with Crippen molar-refractivity contribution in [3.8, 4) is 11.5 Å². The van der Waals surface area contributed by atoms with E-state index in [1.54, 1.807) is 18.2 Å². The van der Waals surface area contributed by atoms with Crippen LogP contribution in [0.3, 0.4) is 0 Å². The van der Waals surface area contributed by atoms with E-state index in [2.05, 4.69) is 0 Å². The number of nitrogens with zero attached hydrogens (tertiary/aromatic N) is 1. The minimum absolute atomic E-state index is 0.0478. The molecular formula is C19H14Cl2FNO4S. The summed E-state index contributed by atoms with van der Waals surface area (Å²) in [5.41, 5.74) is 1.05. The van der Waals surface area contributed by atoms with Gasteiger partial charge in [-0.2, -0.15) is 0 Å². The van der Waals surface area contributed by atoms with Gasteiger partial charge in [0, 0.05) is 5.02 Å². The van der Waals surface area contributed by atoms with E-state index in [4.69, 9.17) is 32.7 Å². The Kier molecular flexibility index (Phi) is 6.17. The SMILES string of the molecule is COc1cc(/C=C2\SC(=O)N(Cc3ccc(F)cc3Cl)C2=O)cc(Cl)c1OC. The van der Waals surface area contributed by atoms with E-state index in [0.29, 0.717) is 27.6 Å². The van der Waals surface area contributed by atoms with E-state index in [1.807, 2.05) is 0 Å². The largest absolute Gasteiger partial charge is 0.493 e. The molecular weight excluding hydrogens is 428 g/mol. The monoisotopic (exact) mass is 441 g/mol. The van der Waals surface area contributed by atoms with Crippen LogP contribution in [0, 0.1) is 5.82 Å². The van der Waals surface area contributed by atoms with Gasteiger partial charge in [0.05, 0.1) is 30.7 Å². The molecule has 0 unspecified atom stereocenters. The van der Waals surface area contributed by atoms with Crippen molar-refractivity contribution in [2.24, 2.45) is 0 Å². The second-order valence-corrected chi connectivity index (χ2v) is 7.55. The number of ether oxygens (including phenoxy) is 2. The molecule has 2 amide bonds.